The summed E-state index contributed by atoms with van der Waals surface area (Å²) < 4.78 is 80.7. The molecule has 0 aliphatic rings. The predicted octanol–water partition coefficient (Wildman–Crippen LogP) is 5.39. The smallest absolute Gasteiger partial charge is 0.366 e. The maximum Gasteiger partial charge on any atom is 0.417 e. The van der Waals surface area contributed by atoms with E-state index in [2.05, 4.69) is 6.58 Å². The highest BCUT2D eigenvalue weighted by Crippen LogP contribution is 2.40. The van der Waals surface area contributed by atoms with Crippen LogP contribution < -0.4 is 0 Å². The van der Waals surface area contributed by atoms with Gasteiger partial charge in [-0.3, -0.25) is 0 Å². The maximum atomic E-state index is 13.0. The number of hydrogen-bond acceptors (Lipinski definition) is 1. The Bertz CT molecular complexity index is 345. The number of hydrogen-bond donors (Lipinski definition) is 0. The molecular formula is C13H18F6O. The van der Waals surface area contributed by atoms with Crippen LogP contribution in [0.4, 0.5) is 26.3 Å². The Hall–Kier alpha value is -0.980. The van der Waals surface area contributed by atoms with Crippen molar-refractivity contribution in [2.75, 3.05) is 6.61 Å². The van der Waals surface area contributed by atoms with Gasteiger partial charge in [0.05, 0.1) is 0 Å². The lowest BCUT2D eigenvalue weighted by Gasteiger charge is -2.34. The first-order valence-corrected chi connectivity index (χ1v) is 6.08. The molecule has 0 aromatic carbocycles. The number of rotatable bonds is 8. The molecule has 0 saturated carbocycles. The van der Waals surface area contributed by atoms with Gasteiger partial charge < -0.3 is 4.74 Å². The summed E-state index contributed by atoms with van der Waals surface area (Å²) in [7, 11) is 0. The molecule has 0 radical (unpaired) electrons. The fraction of sp³-hybridized carbons (Fsp3) is 0.692. The minimum Gasteiger partial charge on any atom is -0.366 e. The molecule has 20 heavy (non-hydrogen) atoms. The van der Waals surface area contributed by atoms with Gasteiger partial charge in [-0.1, -0.05) is 6.08 Å². The number of allylic oxidation sites excluding steroid dienone is 2. The van der Waals surface area contributed by atoms with Gasteiger partial charge in [0.1, 0.15) is 0 Å². The van der Waals surface area contributed by atoms with Crippen molar-refractivity contribution in [1.29, 1.82) is 0 Å². The monoisotopic (exact) mass is 304 g/mol. The first-order valence-electron chi connectivity index (χ1n) is 6.08. The van der Waals surface area contributed by atoms with Crippen molar-refractivity contribution in [2.45, 2.75) is 44.9 Å². The van der Waals surface area contributed by atoms with Crippen LogP contribution in [-0.4, -0.2) is 18.4 Å². The van der Waals surface area contributed by atoms with Crippen molar-refractivity contribution >= 4 is 0 Å². The van der Waals surface area contributed by atoms with Crippen LogP contribution in [0.15, 0.2) is 24.6 Å². The van der Waals surface area contributed by atoms with E-state index in [4.69, 9.17) is 4.74 Å². The Labute approximate surface area is 114 Å². The highest BCUT2D eigenvalue weighted by atomic mass is 19.4. The summed E-state index contributed by atoms with van der Waals surface area (Å²) in [6.07, 6.45) is -7.30. The topological polar surface area (TPSA) is 9.23 Å². The maximum absolute atomic E-state index is 13.0. The molecule has 0 bridgehead atoms. The molecule has 2 unspecified atom stereocenters. The van der Waals surface area contributed by atoms with Crippen LogP contribution in [0.25, 0.3) is 0 Å². The minimum atomic E-state index is -4.67. The number of halogens is 6. The Morgan fingerprint density at radius 2 is 1.80 bits per heavy atom. The third-order valence-electron chi connectivity index (χ3n) is 2.91. The van der Waals surface area contributed by atoms with Crippen molar-refractivity contribution in [2.24, 2.45) is 5.92 Å². The molecule has 0 N–H and O–H groups in total. The van der Waals surface area contributed by atoms with Gasteiger partial charge in [0, 0.05) is 13.0 Å². The van der Waals surface area contributed by atoms with Crippen LogP contribution in [0, 0.1) is 5.92 Å². The molecule has 0 fully saturated rings. The third kappa shape index (κ3) is 5.56. The predicted molar refractivity (Wildman–Crippen MR) is 64.0 cm³/mol. The second kappa shape index (κ2) is 7.71. The Morgan fingerprint density at radius 3 is 2.15 bits per heavy atom. The van der Waals surface area contributed by atoms with Crippen molar-refractivity contribution in [3.05, 3.63) is 24.6 Å². The standard InChI is InChI=1S/C13H18F6O/c1-4-6-9(7-10(14)11(15)16)8-12(3,20-5-2)13(17,18)19/h4,9H,1,5-8H2,2-3H3. The molecule has 0 amide bonds. The van der Waals surface area contributed by atoms with E-state index in [9.17, 15) is 26.3 Å². The van der Waals surface area contributed by atoms with E-state index in [1.807, 2.05) is 0 Å². The summed E-state index contributed by atoms with van der Waals surface area (Å²) in [4.78, 5) is 0. The van der Waals surface area contributed by atoms with Gasteiger partial charge in [0.15, 0.2) is 11.4 Å². The number of alkyl halides is 3. The first-order chi connectivity index (χ1) is 9.07. The van der Waals surface area contributed by atoms with Gasteiger partial charge in [0.25, 0.3) is 0 Å². The summed E-state index contributed by atoms with van der Waals surface area (Å²) >= 11 is 0. The molecule has 118 valence electrons. The largest absolute Gasteiger partial charge is 0.417 e. The van der Waals surface area contributed by atoms with Crippen LogP contribution >= 0.6 is 0 Å². The van der Waals surface area contributed by atoms with Gasteiger partial charge in [-0.25, -0.2) is 4.39 Å². The van der Waals surface area contributed by atoms with E-state index in [1.165, 1.54) is 13.0 Å². The van der Waals surface area contributed by atoms with Gasteiger partial charge in [-0.15, -0.1) is 6.58 Å². The molecule has 0 aromatic heterocycles. The summed E-state index contributed by atoms with van der Waals surface area (Å²) in [6.45, 7) is 5.39. The van der Waals surface area contributed by atoms with Crippen LogP contribution in [0.5, 0.6) is 0 Å². The van der Waals surface area contributed by atoms with E-state index in [0.29, 0.717) is 0 Å². The molecule has 0 aromatic rings. The summed E-state index contributed by atoms with van der Waals surface area (Å²) in [5, 5.41) is 0. The van der Waals surface area contributed by atoms with Crippen molar-refractivity contribution in [3.63, 3.8) is 0 Å². The van der Waals surface area contributed by atoms with E-state index in [0.717, 1.165) is 6.92 Å². The quantitative estimate of drug-likeness (QED) is 0.431. The third-order valence-corrected chi connectivity index (χ3v) is 2.91. The zero-order valence-electron chi connectivity index (χ0n) is 11.4. The lowest BCUT2D eigenvalue weighted by atomic mass is 9.86. The molecule has 0 aliphatic heterocycles. The molecule has 2 atom stereocenters. The van der Waals surface area contributed by atoms with Crippen LogP contribution in [0.3, 0.4) is 0 Å². The molecule has 0 heterocycles. The zero-order valence-corrected chi connectivity index (χ0v) is 11.4. The highest BCUT2D eigenvalue weighted by Gasteiger charge is 2.52. The van der Waals surface area contributed by atoms with Crippen molar-refractivity contribution < 1.29 is 31.1 Å². The van der Waals surface area contributed by atoms with Crippen molar-refractivity contribution in [1.82, 2.24) is 0 Å². The average Bonchev–Trinajstić information content (AvgIpc) is 2.27. The lowest BCUT2D eigenvalue weighted by molar-refractivity contribution is -0.275. The van der Waals surface area contributed by atoms with E-state index in [-0.39, 0.29) is 13.0 Å². The molecule has 0 rings (SSSR count). The van der Waals surface area contributed by atoms with E-state index in [1.54, 1.807) is 0 Å². The highest BCUT2D eigenvalue weighted by molar-refractivity contribution is 4.97. The van der Waals surface area contributed by atoms with Crippen molar-refractivity contribution in [3.8, 4) is 0 Å². The van der Waals surface area contributed by atoms with Gasteiger partial charge in [-0.05, 0) is 32.6 Å². The summed E-state index contributed by atoms with van der Waals surface area (Å²) in [6, 6.07) is 0. The minimum absolute atomic E-state index is 0.0144. The Balaban J connectivity index is 5.11. The molecule has 0 aliphatic carbocycles. The normalized spacial score (nSPS) is 16.4. The second-order valence-corrected chi connectivity index (χ2v) is 4.63. The Kier molecular flexibility index (Phi) is 7.33. The molecule has 0 saturated heterocycles. The first kappa shape index (κ1) is 19.0. The van der Waals surface area contributed by atoms with Crippen LogP contribution in [0.2, 0.25) is 0 Å². The SMILES string of the molecule is C=CCC(CC(F)=C(F)F)CC(C)(OCC)C(F)(F)F. The fourth-order valence-electron chi connectivity index (χ4n) is 1.93. The molecule has 1 nitrogen and oxygen atoms in total. The molecular weight excluding hydrogens is 286 g/mol. The number of ether oxygens (including phenoxy) is 1. The van der Waals surface area contributed by atoms with Gasteiger partial charge in [-0.2, -0.15) is 22.0 Å². The van der Waals surface area contributed by atoms with Crippen LogP contribution in [-0.2, 0) is 4.74 Å². The van der Waals surface area contributed by atoms with Crippen LogP contribution in [0.1, 0.15) is 33.1 Å². The molecule has 0 spiro atoms. The fourth-order valence-corrected chi connectivity index (χ4v) is 1.93. The average molecular weight is 304 g/mol. The second-order valence-electron chi connectivity index (χ2n) is 4.63. The van der Waals surface area contributed by atoms with E-state index >= 15 is 0 Å². The molecule has 7 heteroatoms. The van der Waals surface area contributed by atoms with Gasteiger partial charge >= 0.3 is 12.3 Å². The Morgan fingerprint density at radius 1 is 1.25 bits per heavy atom. The van der Waals surface area contributed by atoms with Gasteiger partial charge in [0.2, 0.25) is 0 Å². The van der Waals surface area contributed by atoms with E-state index < -0.39 is 42.4 Å². The summed E-state index contributed by atoms with van der Waals surface area (Å²) in [5.74, 6) is -2.66. The zero-order chi connectivity index (χ0) is 16.0. The lowest BCUT2D eigenvalue weighted by Crippen LogP contribution is -2.46. The summed E-state index contributed by atoms with van der Waals surface area (Å²) in [5.41, 5.74) is -2.50.